The average Bonchev–Trinajstić information content (AvgIpc) is 2.68. The summed E-state index contributed by atoms with van der Waals surface area (Å²) < 4.78 is 10.4. The highest BCUT2D eigenvalue weighted by atomic mass is 16.5. The first-order valence-corrected chi connectivity index (χ1v) is 5.90. The normalized spacial score (nSPS) is 10.9. The number of aromatic nitrogens is 2. The van der Waals surface area contributed by atoms with Crippen LogP contribution in [0, 0.1) is 6.92 Å². The Labute approximate surface area is 96.6 Å². The Morgan fingerprint density at radius 3 is 2.88 bits per heavy atom. The summed E-state index contributed by atoms with van der Waals surface area (Å²) in [5.74, 6) is 1.38. The number of rotatable bonds is 9. The van der Waals surface area contributed by atoms with E-state index in [0.717, 1.165) is 39.1 Å². The molecule has 0 fully saturated rings. The average molecular weight is 227 g/mol. The molecule has 0 amide bonds. The quantitative estimate of drug-likeness (QED) is 0.645. The maximum atomic E-state index is 5.42. The van der Waals surface area contributed by atoms with Gasteiger partial charge in [-0.25, -0.2) is 0 Å². The molecule has 0 aliphatic carbocycles. The van der Waals surface area contributed by atoms with Crippen LogP contribution in [0.15, 0.2) is 4.52 Å². The van der Waals surface area contributed by atoms with Gasteiger partial charge in [-0.3, -0.25) is 0 Å². The standard InChI is InChI=1S/C11H21N3O2/c1-3-4-8-15-9-7-12-6-5-11-13-10(2)14-16-11/h12H,3-9H2,1-2H3. The minimum Gasteiger partial charge on any atom is -0.380 e. The molecule has 5 nitrogen and oxygen atoms in total. The van der Waals surface area contributed by atoms with Gasteiger partial charge in [0.15, 0.2) is 5.82 Å². The van der Waals surface area contributed by atoms with Crippen LogP contribution in [0.4, 0.5) is 0 Å². The van der Waals surface area contributed by atoms with Crippen LogP contribution in [-0.4, -0.2) is 36.4 Å². The first-order chi connectivity index (χ1) is 7.83. The van der Waals surface area contributed by atoms with Crippen molar-refractivity contribution in [2.24, 2.45) is 0 Å². The van der Waals surface area contributed by atoms with Crippen molar-refractivity contribution in [1.29, 1.82) is 0 Å². The van der Waals surface area contributed by atoms with E-state index >= 15 is 0 Å². The van der Waals surface area contributed by atoms with Gasteiger partial charge in [-0.1, -0.05) is 18.5 Å². The predicted molar refractivity (Wildman–Crippen MR) is 61.3 cm³/mol. The minimum absolute atomic E-state index is 0.692. The largest absolute Gasteiger partial charge is 0.380 e. The summed E-state index contributed by atoms with van der Waals surface area (Å²) in [4.78, 5) is 4.12. The van der Waals surface area contributed by atoms with Gasteiger partial charge in [0.1, 0.15) is 0 Å². The van der Waals surface area contributed by atoms with Gasteiger partial charge in [0, 0.05) is 26.1 Å². The molecule has 1 rings (SSSR count). The third kappa shape index (κ3) is 5.82. The Morgan fingerprint density at radius 2 is 2.19 bits per heavy atom. The van der Waals surface area contributed by atoms with E-state index in [1.807, 2.05) is 6.92 Å². The predicted octanol–water partition coefficient (Wildman–Crippen LogP) is 1.33. The third-order valence-electron chi connectivity index (χ3n) is 2.15. The summed E-state index contributed by atoms with van der Waals surface area (Å²) in [5, 5.41) is 6.99. The minimum atomic E-state index is 0.692. The lowest BCUT2D eigenvalue weighted by atomic mass is 10.4. The van der Waals surface area contributed by atoms with Crippen molar-refractivity contribution >= 4 is 0 Å². The zero-order valence-electron chi connectivity index (χ0n) is 10.2. The topological polar surface area (TPSA) is 60.2 Å². The van der Waals surface area contributed by atoms with E-state index in [4.69, 9.17) is 9.26 Å². The van der Waals surface area contributed by atoms with E-state index in [0.29, 0.717) is 11.7 Å². The maximum Gasteiger partial charge on any atom is 0.227 e. The van der Waals surface area contributed by atoms with Crippen LogP contribution in [0.3, 0.4) is 0 Å². The second-order valence-corrected chi connectivity index (χ2v) is 3.70. The van der Waals surface area contributed by atoms with Crippen molar-refractivity contribution < 1.29 is 9.26 Å². The number of hydrogen-bond acceptors (Lipinski definition) is 5. The summed E-state index contributed by atoms with van der Waals surface area (Å²) in [7, 11) is 0. The highest BCUT2D eigenvalue weighted by Gasteiger charge is 2.00. The first kappa shape index (κ1) is 13.1. The van der Waals surface area contributed by atoms with Crippen LogP contribution >= 0.6 is 0 Å². The highest BCUT2D eigenvalue weighted by molar-refractivity contribution is 4.83. The van der Waals surface area contributed by atoms with Crippen molar-refractivity contribution in [1.82, 2.24) is 15.5 Å². The molecule has 0 spiro atoms. The smallest absolute Gasteiger partial charge is 0.227 e. The van der Waals surface area contributed by atoms with Crippen molar-refractivity contribution in [3.63, 3.8) is 0 Å². The molecular weight excluding hydrogens is 206 g/mol. The lowest BCUT2D eigenvalue weighted by Gasteiger charge is -2.04. The van der Waals surface area contributed by atoms with Crippen LogP contribution in [0.5, 0.6) is 0 Å². The van der Waals surface area contributed by atoms with Crippen LogP contribution in [-0.2, 0) is 11.2 Å². The van der Waals surface area contributed by atoms with Crippen LogP contribution in [0.25, 0.3) is 0 Å². The number of hydrogen-bond donors (Lipinski definition) is 1. The van der Waals surface area contributed by atoms with Crippen LogP contribution < -0.4 is 5.32 Å². The Kier molecular flexibility index (Phi) is 6.76. The molecule has 0 radical (unpaired) electrons. The van der Waals surface area contributed by atoms with Gasteiger partial charge in [0.25, 0.3) is 0 Å². The molecule has 0 aliphatic heterocycles. The van der Waals surface area contributed by atoms with Gasteiger partial charge in [-0.2, -0.15) is 4.98 Å². The molecule has 0 saturated heterocycles. The number of unbranched alkanes of at least 4 members (excludes halogenated alkanes) is 1. The summed E-state index contributed by atoms with van der Waals surface area (Å²) in [6.07, 6.45) is 3.10. The molecule has 1 heterocycles. The number of ether oxygens (including phenoxy) is 1. The van der Waals surface area contributed by atoms with Gasteiger partial charge in [0.05, 0.1) is 6.61 Å². The third-order valence-corrected chi connectivity index (χ3v) is 2.15. The van der Waals surface area contributed by atoms with Crippen LogP contribution in [0.1, 0.15) is 31.5 Å². The Bertz CT molecular complexity index is 276. The van der Waals surface area contributed by atoms with Gasteiger partial charge in [-0.15, -0.1) is 0 Å². The van der Waals surface area contributed by atoms with Crippen molar-refractivity contribution in [2.45, 2.75) is 33.1 Å². The molecule has 1 aromatic heterocycles. The maximum absolute atomic E-state index is 5.42. The number of nitrogens with zero attached hydrogens (tertiary/aromatic N) is 2. The molecule has 92 valence electrons. The fourth-order valence-electron chi connectivity index (χ4n) is 1.25. The molecule has 5 heteroatoms. The van der Waals surface area contributed by atoms with E-state index in [2.05, 4.69) is 22.4 Å². The number of aryl methyl sites for hydroxylation is 1. The van der Waals surface area contributed by atoms with E-state index in [-0.39, 0.29) is 0 Å². The molecule has 0 atom stereocenters. The Morgan fingerprint density at radius 1 is 1.31 bits per heavy atom. The molecule has 0 aliphatic rings. The van der Waals surface area contributed by atoms with Crippen molar-refractivity contribution in [2.75, 3.05) is 26.3 Å². The number of nitrogens with one attached hydrogen (secondary N) is 1. The van der Waals surface area contributed by atoms with E-state index < -0.39 is 0 Å². The van der Waals surface area contributed by atoms with Gasteiger partial charge < -0.3 is 14.6 Å². The first-order valence-electron chi connectivity index (χ1n) is 5.90. The lowest BCUT2D eigenvalue weighted by molar-refractivity contribution is 0.133. The molecule has 0 saturated carbocycles. The zero-order valence-corrected chi connectivity index (χ0v) is 10.2. The van der Waals surface area contributed by atoms with E-state index in [1.165, 1.54) is 6.42 Å². The summed E-state index contributed by atoms with van der Waals surface area (Å²) >= 11 is 0. The molecule has 0 unspecified atom stereocenters. The van der Waals surface area contributed by atoms with Crippen LogP contribution in [0.2, 0.25) is 0 Å². The fourth-order valence-corrected chi connectivity index (χ4v) is 1.25. The Balaban J connectivity index is 1.88. The van der Waals surface area contributed by atoms with Gasteiger partial charge in [0.2, 0.25) is 5.89 Å². The SMILES string of the molecule is CCCCOCCNCCc1nc(C)no1. The zero-order chi connectivity index (χ0) is 11.6. The summed E-state index contributed by atoms with van der Waals surface area (Å²) in [5.41, 5.74) is 0. The second-order valence-electron chi connectivity index (χ2n) is 3.70. The van der Waals surface area contributed by atoms with Gasteiger partial charge >= 0.3 is 0 Å². The summed E-state index contributed by atoms with van der Waals surface area (Å²) in [6, 6.07) is 0. The Hall–Kier alpha value is -0.940. The fraction of sp³-hybridized carbons (Fsp3) is 0.818. The second kappa shape index (κ2) is 8.24. The van der Waals surface area contributed by atoms with Crippen molar-refractivity contribution in [3.05, 3.63) is 11.7 Å². The molecule has 1 N–H and O–H groups in total. The lowest BCUT2D eigenvalue weighted by Crippen LogP contribution is -2.22. The molecule has 0 aromatic carbocycles. The van der Waals surface area contributed by atoms with E-state index in [9.17, 15) is 0 Å². The van der Waals surface area contributed by atoms with Gasteiger partial charge in [-0.05, 0) is 13.3 Å². The molecule has 16 heavy (non-hydrogen) atoms. The monoisotopic (exact) mass is 227 g/mol. The van der Waals surface area contributed by atoms with E-state index in [1.54, 1.807) is 0 Å². The van der Waals surface area contributed by atoms with Crippen molar-refractivity contribution in [3.8, 4) is 0 Å². The highest BCUT2D eigenvalue weighted by Crippen LogP contribution is 1.95. The molecule has 1 aromatic rings. The summed E-state index contributed by atoms with van der Waals surface area (Å²) in [6.45, 7) is 7.33. The molecular formula is C11H21N3O2. The molecule has 0 bridgehead atoms.